The smallest absolute Gasteiger partial charge is 0.239 e. The van der Waals surface area contributed by atoms with Crippen LogP contribution in [0.15, 0.2) is 54.9 Å². The van der Waals surface area contributed by atoms with Gasteiger partial charge in [-0.05, 0) is 42.2 Å². The predicted octanol–water partition coefficient (Wildman–Crippen LogP) is 3.89. The van der Waals surface area contributed by atoms with Crippen LogP contribution in [0.1, 0.15) is 42.4 Å². The van der Waals surface area contributed by atoms with Gasteiger partial charge in [0.2, 0.25) is 11.8 Å². The van der Waals surface area contributed by atoms with Crippen LogP contribution < -0.4 is 14.8 Å². The number of fused-ring (bicyclic) bond motifs is 5. The molecule has 5 rings (SSSR count). The number of rotatable bonds is 5. The predicted molar refractivity (Wildman–Crippen MR) is 154 cm³/mol. The number of imidazole rings is 1. The standard InChI is InChI=1S/C31H37N5O4/c1-3-29-32-14-17-35(29)16-12-31(38)36-15-6-18-40-28-20-22(9-10-27(28)39-2)19-26-24(11-13-33-30(37)21-36)23-7-4-5-8-25(23)34-26/h4-5,7-10,14,17,20,34H,3,6,11-13,15-16,18-19,21H2,1-2H3,(H,33,37). The molecule has 2 N–H and O–H groups in total. The number of ether oxygens (including phenoxy) is 2. The first-order valence-corrected chi connectivity index (χ1v) is 14.0. The van der Waals surface area contributed by atoms with Crippen molar-refractivity contribution in [3.05, 3.63) is 77.5 Å². The van der Waals surface area contributed by atoms with Crippen LogP contribution in [0.4, 0.5) is 0 Å². The maximum Gasteiger partial charge on any atom is 0.239 e. The number of aromatic amines is 1. The monoisotopic (exact) mass is 543 g/mol. The highest BCUT2D eigenvalue weighted by Crippen LogP contribution is 2.31. The summed E-state index contributed by atoms with van der Waals surface area (Å²) >= 11 is 0. The zero-order valence-corrected chi connectivity index (χ0v) is 23.2. The van der Waals surface area contributed by atoms with Crippen LogP contribution in [0.2, 0.25) is 0 Å². The van der Waals surface area contributed by atoms with Gasteiger partial charge < -0.3 is 29.2 Å². The van der Waals surface area contributed by atoms with E-state index in [1.54, 1.807) is 18.2 Å². The maximum absolute atomic E-state index is 13.2. The van der Waals surface area contributed by atoms with Gasteiger partial charge in [0.15, 0.2) is 11.5 Å². The van der Waals surface area contributed by atoms with Gasteiger partial charge in [-0.2, -0.15) is 0 Å². The van der Waals surface area contributed by atoms with Crippen LogP contribution in [-0.4, -0.2) is 64.6 Å². The zero-order valence-electron chi connectivity index (χ0n) is 23.2. The van der Waals surface area contributed by atoms with Gasteiger partial charge in [-0.15, -0.1) is 0 Å². The van der Waals surface area contributed by atoms with E-state index in [2.05, 4.69) is 33.5 Å². The van der Waals surface area contributed by atoms with E-state index in [0.29, 0.717) is 63.4 Å². The van der Waals surface area contributed by atoms with Crippen molar-refractivity contribution < 1.29 is 19.1 Å². The summed E-state index contributed by atoms with van der Waals surface area (Å²) in [5.74, 6) is 2.06. The molecule has 3 heterocycles. The number of H-pyrrole nitrogens is 1. The molecule has 4 aromatic rings. The van der Waals surface area contributed by atoms with Crippen molar-refractivity contribution in [2.45, 2.75) is 45.6 Å². The lowest BCUT2D eigenvalue weighted by atomic mass is 10.0. The molecule has 2 amide bonds. The number of amides is 2. The number of hydrogen-bond donors (Lipinski definition) is 2. The van der Waals surface area contributed by atoms with E-state index in [4.69, 9.17) is 9.47 Å². The van der Waals surface area contributed by atoms with Gasteiger partial charge in [0.05, 0.1) is 20.3 Å². The molecular formula is C31H37N5O4. The average molecular weight is 544 g/mol. The van der Waals surface area contributed by atoms with E-state index >= 15 is 0 Å². The van der Waals surface area contributed by atoms with E-state index in [-0.39, 0.29) is 18.4 Å². The van der Waals surface area contributed by atoms with Crippen molar-refractivity contribution in [2.24, 2.45) is 0 Å². The van der Waals surface area contributed by atoms with E-state index in [0.717, 1.165) is 34.4 Å². The summed E-state index contributed by atoms with van der Waals surface area (Å²) in [5, 5.41) is 4.20. The van der Waals surface area contributed by atoms with E-state index in [9.17, 15) is 9.59 Å². The fraction of sp³-hybridized carbons (Fsp3) is 0.387. The number of aromatic nitrogens is 3. The largest absolute Gasteiger partial charge is 0.493 e. The molecule has 0 saturated carbocycles. The molecule has 2 aromatic heterocycles. The first-order chi connectivity index (χ1) is 19.6. The Balaban J connectivity index is 1.37. The molecule has 0 unspecified atom stereocenters. The van der Waals surface area contributed by atoms with Crippen LogP contribution in [-0.2, 0) is 35.4 Å². The summed E-state index contributed by atoms with van der Waals surface area (Å²) in [6, 6.07) is 14.2. The molecule has 40 heavy (non-hydrogen) atoms. The Hall–Kier alpha value is -4.27. The highest BCUT2D eigenvalue weighted by atomic mass is 16.5. The number of carbonyl (C=O) groups is 2. The first-order valence-electron chi connectivity index (χ1n) is 14.0. The molecule has 0 atom stereocenters. The Morgan fingerprint density at radius 1 is 1.20 bits per heavy atom. The van der Waals surface area contributed by atoms with Gasteiger partial charge >= 0.3 is 0 Å². The molecule has 0 aliphatic carbocycles. The third kappa shape index (κ3) is 6.30. The summed E-state index contributed by atoms with van der Waals surface area (Å²) < 4.78 is 13.7. The highest BCUT2D eigenvalue weighted by Gasteiger charge is 2.19. The minimum Gasteiger partial charge on any atom is -0.493 e. The minimum absolute atomic E-state index is 0.0168. The molecule has 2 bridgehead atoms. The van der Waals surface area contributed by atoms with Crippen molar-refractivity contribution in [3.63, 3.8) is 0 Å². The topological polar surface area (TPSA) is 101 Å². The second-order valence-electron chi connectivity index (χ2n) is 10.0. The molecule has 9 nitrogen and oxygen atoms in total. The van der Waals surface area contributed by atoms with Gasteiger partial charge in [0, 0.05) is 67.9 Å². The zero-order chi connectivity index (χ0) is 27.9. The van der Waals surface area contributed by atoms with Crippen LogP contribution in [0.25, 0.3) is 10.9 Å². The normalized spacial score (nSPS) is 14.8. The summed E-state index contributed by atoms with van der Waals surface area (Å²) in [5.41, 5.74) is 4.47. The quantitative estimate of drug-likeness (QED) is 0.398. The lowest BCUT2D eigenvalue weighted by Crippen LogP contribution is -2.42. The number of aryl methyl sites for hydroxylation is 2. The number of para-hydroxylation sites is 1. The molecule has 0 fully saturated rings. The molecule has 2 aromatic carbocycles. The first kappa shape index (κ1) is 27.3. The van der Waals surface area contributed by atoms with E-state index in [1.807, 2.05) is 42.0 Å². The molecule has 9 heteroatoms. The lowest BCUT2D eigenvalue weighted by molar-refractivity contribution is -0.136. The summed E-state index contributed by atoms with van der Waals surface area (Å²) in [7, 11) is 1.63. The number of carbonyl (C=O) groups excluding carboxylic acids is 2. The molecule has 1 aliphatic rings. The SMILES string of the molecule is CCc1nccn1CCC(=O)N1CCCOc2cc(ccc2OC)Cc2[nH]c3ccccc3c2CCNC(=O)C1. The van der Waals surface area contributed by atoms with Crippen LogP contribution in [0, 0.1) is 0 Å². The van der Waals surface area contributed by atoms with Crippen molar-refractivity contribution in [3.8, 4) is 11.5 Å². The Kier molecular flexibility index (Phi) is 8.68. The molecule has 0 saturated heterocycles. The molecule has 210 valence electrons. The van der Waals surface area contributed by atoms with Gasteiger partial charge in [-0.1, -0.05) is 31.2 Å². The lowest BCUT2D eigenvalue weighted by Gasteiger charge is -2.23. The van der Waals surface area contributed by atoms with Crippen LogP contribution in [0.3, 0.4) is 0 Å². The Morgan fingerprint density at radius 3 is 2.92 bits per heavy atom. The Bertz CT molecular complexity index is 1470. The number of methoxy groups -OCH3 is 1. The maximum atomic E-state index is 13.2. The number of nitrogens with one attached hydrogen (secondary N) is 2. The molecular weight excluding hydrogens is 506 g/mol. The summed E-state index contributed by atoms with van der Waals surface area (Å²) in [6.45, 7) is 3.89. The van der Waals surface area contributed by atoms with Gasteiger partial charge in [-0.25, -0.2) is 4.98 Å². The Labute approximate surface area is 234 Å². The Morgan fingerprint density at radius 2 is 2.08 bits per heavy atom. The highest BCUT2D eigenvalue weighted by molar-refractivity contribution is 5.86. The number of nitrogens with zero attached hydrogens (tertiary/aromatic N) is 3. The fourth-order valence-corrected chi connectivity index (χ4v) is 5.36. The van der Waals surface area contributed by atoms with Gasteiger partial charge in [0.1, 0.15) is 5.82 Å². The van der Waals surface area contributed by atoms with Crippen molar-refractivity contribution in [2.75, 3.05) is 33.4 Å². The summed E-state index contributed by atoms with van der Waals surface area (Å²) in [4.78, 5) is 35.8. The van der Waals surface area contributed by atoms with Crippen molar-refractivity contribution in [1.82, 2.24) is 24.8 Å². The van der Waals surface area contributed by atoms with Gasteiger partial charge in [0.25, 0.3) is 0 Å². The number of hydrogen-bond acceptors (Lipinski definition) is 5. The summed E-state index contributed by atoms with van der Waals surface area (Å²) in [6.07, 6.45) is 6.71. The second kappa shape index (κ2) is 12.7. The number of benzene rings is 2. The van der Waals surface area contributed by atoms with Crippen molar-refractivity contribution in [1.29, 1.82) is 0 Å². The van der Waals surface area contributed by atoms with Gasteiger partial charge in [-0.3, -0.25) is 9.59 Å². The van der Waals surface area contributed by atoms with E-state index in [1.165, 1.54) is 5.56 Å². The third-order valence-corrected chi connectivity index (χ3v) is 7.41. The van der Waals surface area contributed by atoms with Crippen LogP contribution >= 0.6 is 0 Å². The average Bonchev–Trinajstić information content (AvgIpc) is 3.57. The van der Waals surface area contributed by atoms with Crippen molar-refractivity contribution >= 4 is 22.7 Å². The second-order valence-corrected chi connectivity index (χ2v) is 10.0. The molecule has 0 spiro atoms. The fourth-order valence-electron chi connectivity index (χ4n) is 5.36. The van der Waals surface area contributed by atoms with E-state index < -0.39 is 0 Å². The van der Waals surface area contributed by atoms with Crippen LogP contribution in [0.5, 0.6) is 11.5 Å². The molecule has 0 radical (unpaired) electrons. The minimum atomic E-state index is -0.161. The third-order valence-electron chi connectivity index (χ3n) is 7.41. The molecule has 1 aliphatic heterocycles.